The molecule has 15 heavy (non-hydrogen) atoms. The zero-order valence-corrected chi connectivity index (χ0v) is 8.23. The molecule has 0 unspecified atom stereocenters. The molecule has 0 fully saturated rings. The van der Waals surface area contributed by atoms with Crippen LogP contribution in [0.15, 0.2) is 12.4 Å². The van der Waals surface area contributed by atoms with Crippen LogP contribution in [0.5, 0.6) is 0 Å². The van der Waals surface area contributed by atoms with E-state index < -0.39 is 0 Å². The Hall–Kier alpha value is -2.02. The van der Waals surface area contributed by atoms with Crippen LogP contribution in [0, 0.1) is 0 Å². The number of H-pyrrole nitrogens is 1. The molecule has 0 radical (unpaired) electrons. The first kappa shape index (κ1) is 9.53. The molecule has 0 amide bonds. The lowest BCUT2D eigenvalue weighted by atomic mass is 10.1. The van der Waals surface area contributed by atoms with Gasteiger partial charge in [0.05, 0.1) is 12.4 Å². The second-order valence-electron chi connectivity index (χ2n) is 2.93. The molecule has 0 aliphatic carbocycles. The van der Waals surface area contributed by atoms with Crippen molar-refractivity contribution in [1.82, 2.24) is 25.4 Å². The van der Waals surface area contributed by atoms with E-state index in [2.05, 4.69) is 30.8 Å². The van der Waals surface area contributed by atoms with E-state index in [1.165, 1.54) is 0 Å². The Morgan fingerprint density at radius 1 is 1.40 bits per heavy atom. The third kappa shape index (κ3) is 1.77. The van der Waals surface area contributed by atoms with E-state index in [-0.39, 0.29) is 0 Å². The number of hydrazine groups is 1. The van der Waals surface area contributed by atoms with Crippen molar-refractivity contribution in [3.63, 3.8) is 0 Å². The van der Waals surface area contributed by atoms with E-state index in [1.54, 1.807) is 12.4 Å². The monoisotopic (exact) mass is 205 g/mol. The van der Waals surface area contributed by atoms with Crippen molar-refractivity contribution in [1.29, 1.82) is 0 Å². The van der Waals surface area contributed by atoms with E-state index in [9.17, 15) is 0 Å². The van der Waals surface area contributed by atoms with E-state index in [1.807, 2.05) is 6.92 Å². The first-order valence-electron chi connectivity index (χ1n) is 4.54. The predicted octanol–water partition coefficient (Wildman–Crippen LogP) is 0.110. The lowest BCUT2D eigenvalue weighted by Gasteiger charge is -1.99. The number of nitrogens with zero attached hydrogens (tertiary/aromatic N) is 4. The Kier molecular flexibility index (Phi) is 2.55. The highest BCUT2D eigenvalue weighted by Gasteiger charge is 2.08. The SMILES string of the molecule is CCc1[nH]ncc1-c1cnc(NN)nn1. The van der Waals surface area contributed by atoms with Crippen LogP contribution >= 0.6 is 0 Å². The van der Waals surface area contributed by atoms with E-state index >= 15 is 0 Å². The second kappa shape index (κ2) is 4.01. The standard InChI is InChI=1S/C8H11N7/c1-2-6-5(3-11-13-6)7-4-10-8(12-9)15-14-7/h3-4H,2,9H2,1H3,(H,11,13)(H,10,12,15). The Balaban J connectivity index is 2.37. The highest BCUT2D eigenvalue weighted by atomic mass is 15.3. The minimum atomic E-state index is 0.292. The normalized spacial score (nSPS) is 10.3. The van der Waals surface area contributed by atoms with Gasteiger partial charge >= 0.3 is 0 Å². The van der Waals surface area contributed by atoms with Crippen LogP contribution < -0.4 is 11.3 Å². The molecule has 0 spiro atoms. The van der Waals surface area contributed by atoms with Crippen LogP contribution in [-0.4, -0.2) is 25.4 Å². The molecule has 2 heterocycles. The van der Waals surface area contributed by atoms with Crippen LogP contribution in [0.2, 0.25) is 0 Å². The summed E-state index contributed by atoms with van der Waals surface area (Å²) >= 11 is 0. The van der Waals surface area contributed by atoms with Gasteiger partial charge in [-0.05, 0) is 6.42 Å². The summed E-state index contributed by atoms with van der Waals surface area (Å²) in [5, 5.41) is 14.6. The third-order valence-corrected chi connectivity index (χ3v) is 2.04. The van der Waals surface area contributed by atoms with Crippen LogP contribution in [0.1, 0.15) is 12.6 Å². The number of aryl methyl sites for hydroxylation is 1. The van der Waals surface area contributed by atoms with Gasteiger partial charge < -0.3 is 0 Å². The van der Waals surface area contributed by atoms with Gasteiger partial charge in [0.1, 0.15) is 5.69 Å². The van der Waals surface area contributed by atoms with Gasteiger partial charge in [0.2, 0.25) is 0 Å². The van der Waals surface area contributed by atoms with E-state index in [0.29, 0.717) is 11.6 Å². The predicted molar refractivity (Wildman–Crippen MR) is 54.6 cm³/mol. The zero-order chi connectivity index (χ0) is 10.7. The minimum absolute atomic E-state index is 0.292. The fourth-order valence-corrected chi connectivity index (χ4v) is 1.27. The summed E-state index contributed by atoms with van der Waals surface area (Å²) in [6, 6.07) is 0. The zero-order valence-electron chi connectivity index (χ0n) is 8.23. The fourth-order valence-electron chi connectivity index (χ4n) is 1.27. The van der Waals surface area contributed by atoms with Crippen molar-refractivity contribution in [2.45, 2.75) is 13.3 Å². The van der Waals surface area contributed by atoms with E-state index in [4.69, 9.17) is 5.84 Å². The van der Waals surface area contributed by atoms with Crippen molar-refractivity contribution in [2.24, 2.45) is 5.84 Å². The maximum atomic E-state index is 5.14. The largest absolute Gasteiger partial charge is 0.291 e. The first-order chi connectivity index (χ1) is 7.35. The number of nitrogens with one attached hydrogen (secondary N) is 2. The van der Waals surface area contributed by atoms with Crippen LogP contribution in [0.25, 0.3) is 11.3 Å². The Bertz CT molecular complexity index is 433. The van der Waals surface area contributed by atoms with Crippen molar-refractivity contribution in [3.05, 3.63) is 18.1 Å². The average Bonchev–Trinajstić information content (AvgIpc) is 2.77. The topological polar surface area (TPSA) is 105 Å². The molecule has 2 aromatic heterocycles. The summed E-state index contributed by atoms with van der Waals surface area (Å²) in [4.78, 5) is 3.98. The first-order valence-corrected chi connectivity index (χ1v) is 4.54. The molecule has 7 nitrogen and oxygen atoms in total. The van der Waals surface area contributed by atoms with Gasteiger partial charge in [-0.25, -0.2) is 10.8 Å². The summed E-state index contributed by atoms with van der Waals surface area (Å²) in [5.41, 5.74) is 4.93. The molecular weight excluding hydrogens is 194 g/mol. The molecule has 2 rings (SSSR count). The number of hydrogen-bond acceptors (Lipinski definition) is 6. The van der Waals surface area contributed by atoms with Gasteiger partial charge in [0.15, 0.2) is 0 Å². The molecule has 0 atom stereocenters. The van der Waals surface area contributed by atoms with E-state index in [0.717, 1.165) is 17.7 Å². The highest BCUT2D eigenvalue weighted by molar-refractivity contribution is 5.59. The number of nitrogens with two attached hydrogens (primary N) is 1. The lowest BCUT2D eigenvalue weighted by Crippen LogP contribution is -2.11. The van der Waals surface area contributed by atoms with Crippen LogP contribution in [0.3, 0.4) is 0 Å². The summed E-state index contributed by atoms with van der Waals surface area (Å²) < 4.78 is 0. The van der Waals surface area contributed by atoms with Gasteiger partial charge in [-0.15, -0.1) is 10.2 Å². The minimum Gasteiger partial charge on any atom is -0.291 e. The van der Waals surface area contributed by atoms with Gasteiger partial charge in [0, 0.05) is 11.3 Å². The molecule has 7 heteroatoms. The quantitative estimate of drug-likeness (QED) is 0.485. The summed E-state index contributed by atoms with van der Waals surface area (Å²) in [7, 11) is 0. The average molecular weight is 205 g/mol. The van der Waals surface area contributed by atoms with Crippen LogP contribution in [-0.2, 0) is 6.42 Å². The van der Waals surface area contributed by atoms with Gasteiger partial charge in [-0.2, -0.15) is 5.10 Å². The van der Waals surface area contributed by atoms with Crippen LogP contribution in [0.4, 0.5) is 5.95 Å². The Morgan fingerprint density at radius 2 is 2.27 bits per heavy atom. The molecule has 0 aliphatic rings. The molecule has 78 valence electrons. The maximum Gasteiger partial charge on any atom is 0.256 e. The number of anilines is 1. The molecule has 2 aromatic rings. The molecular formula is C8H11N7. The van der Waals surface area contributed by atoms with Gasteiger partial charge in [0.25, 0.3) is 5.95 Å². The fraction of sp³-hybridized carbons (Fsp3) is 0.250. The maximum absolute atomic E-state index is 5.14. The summed E-state index contributed by atoms with van der Waals surface area (Å²) in [5.74, 6) is 5.43. The summed E-state index contributed by atoms with van der Waals surface area (Å²) in [6.07, 6.45) is 4.17. The molecule has 0 saturated heterocycles. The molecule has 0 bridgehead atoms. The highest BCUT2D eigenvalue weighted by Crippen LogP contribution is 2.18. The third-order valence-electron chi connectivity index (χ3n) is 2.04. The molecule has 4 N–H and O–H groups in total. The molecule has 0 saturated carbocycles. The van der Waals surface area contributed by atoms with Gasteiger partial charge in [-0.1, -0.05) is 6.92 Å². The number of aromatic nitrogens is 5. The number of nitrogen functional groups attached to an aromatic ring is 1. The van der Waals surface area contributed by atoms with Gasteiger partial charge in [-0.3, -0.25) is 10.5 Å². The Morgan fingerprint density at radius 3 is 2.87 bits per heavy atom. The molecule has 0 aromatic carbocycles. The summed E-state index contributed by atoms with van der Waals surface area (Å²) in [6.45, 7) is 2.04. The lowest BCUT2D eigenvalue weighted by molar-refractivity contribution is 0.955. The molecule has 0 aliphatic heterocycles. The smallest absolute Gasteiger partial charge is 0.256 e. The number of hydrogen-bond donors (Lipinski definition) is 3. The Labute approximate surface area is 86.1 Å². The van der Waals surface area contributed by atoms with Crippen molar-refractivity contribution < 1.29 is 0 Å². The number of rotatable bonds is 3. The van der Waals surface area contributed by atoms with Crippen molar-refractivity contribution >= 4 is 5.95 Å². The second-order valence-corrected chi connectivity index (χ2v) is 2.93. The number of aromatic amines is 1. The van der Waals surface area contributed by atoms with Crippen molar-refractivity contribution in [2.75, 3.05) is 5.43 Å². The van der Waals surface area contributed by atoms with Crippen molar-refractivity contribution in [3.8, 4) is 11.3 Å².